The van der Waals surface area contributed by atoms with Crippen LogP contribution in [0, 0.1) is 5.41 Å². The summed E-state index contributed by atoms with van der Waals surface area (Å²) in [6.45, 7) is 0.393. The van der Waals surface area contributed by atoms with E-state index in [2.05, 4.69) is 27.0 Å². The van der Waals surface area contributed by atoms with E-state index < -0.39 is 11.4 Å². The first-order valence-corrected chi connectivity index (χ1v) is 7.58. The number of carboxylic acids is 1. The lowest BCUT2D eigenvalue weighted by atomic mass is 10.1. The Kier molecular flexibility index (Phi) is 3.52. The maximum absolute atomic E-state index is 11.2. The van der Waals surface area contributed by atoms with Gasteiger partial charge in [-0.05, 0) is 47.6 Å². The molecule has 0 spiro atoms. The van der Waals surface area contributed by atoms with Crippen LogP contribution in [-0.2, 0) is 24.2 Å². The molecule has 0 radical (unpaired) electrons. The number of aromatic nitrogens is 4. The quantitative estimate of drug-likeness (QED) is 0.841. The Morgan fingerprint density at radius 1 is 1.45 bits per heavy atom. The highest BCUT2D eigenvalue weighted by atomic mass is 32.1. The first-order valence-electron chi connectivity index (χ1n) is 6.70. The smallest absolute Gasteiger partial charge is 0.311 e. The number of carbonyl (C=O) groups is 1. The molecule has 1 N–H and O–H groups in total. The maximum atomic E-state index is 11.2. The minimum Gasteiger partial charge on any atom is -0.481 e. The lowest BCUT2D eigenvalue weighted by molar-refractivity contribution is -0.144. The van der Waals surface area contributed by atoms with Crippen molar-refractivity contribution in [3.05, 3.63) is 28.2 Å². The number of rotatable bonds is 7. The molecule has 106 valence electrons. The Morgan fingerprint density at radius 3 is 2.95 bits per heavy atom. The molecule has 1 aliphatic carbocycles. The van der Waals surface area contributed by atoms with Crippen molar-refractivity contribution in [3.8, 4) is 0 Å². The fourth-order valence-electron chi connectivity index (χ4n) is 2.28. The van der Waals surface area contributed by atoms with Gasteiger partial charge in [0, 0.05) is 11.3 Å². The zero-order valence-corrected chi connectivity index (χ0v) is 11.8. The summed E-state index contributed by atoms with van der Waals surface area (Å²) in [5.74, 6) is 0.0478. The second kappa shape index (κ2) is 5.32. The Balaban J connectivity index is 1.58. The predicted molar refractivity (Wildman–Crippen MR) is 73.5 cm³/mol. The van der Waals surface area contributed by atoms with Gasteiger partial charge in [-0.15, -0.1) is 16.4 Å². The van der Waals surface area contributed by atoms with Gasteiger partial charge < -0.3 is 5.11 Å². The van der Waals surface area contributed by atoms with Crippen molar-refractivity contribution in [3.63, 3.8) is 0 Å². The van der Waals surface area contributed by atoms with Gasteiger partial charge in [0.05, 0.1) is 12.0 Å². The zero-order valence-electron chi connectivity index (χ0n) is 11.0. The number of carboxylic acid groups (broad SMARTS) is 1. The van der Waals surface area contributed by atoms with E-state index in [0.717, 1.165) is 37.9 Å². The third-order valence-corrected chi connectivity index (χ3v) is 4.71. The van der Waals surface area contributed by atoms with Crippen LogP contribution in [0.2, 0.25) is 0 Å². The first-order chi connectivity index (χ1) is 9.70. The molecule has 0 aromatic carbocycles. The van der Waals surface area contributed by atoms with Crippen molar-refractivity contribution < 1.29 is 9.90 Å². The van der Waals surface area contributed by atoms with E-state index >= 15 is 0 Å². The fraction of sp³-hybridized carbons (Fsp3) is 0.538. The van der Waals surface area contributed by atoms with Crippen molar-refractivity contribution in [1.29, 1.82) is 0 Å². The third-order valence-electron chi connectivity index (χ3n) is 3.77. The molecule has 3 rings (SSSR count). The molecule has 0 saturated heterocycles. The molecule has 0 bridgehead atoms. The number of hydrogen-bond acceptors (Lipinski definition) is 5. The lowest BCUT2D eigenvalue weighted by Gasteiger charge is -2.10. The van der Waals surface area contributed by atoms with Crippen LogP contribution in [-0.4, -0.2) is 31.3 Å². The molecule has 2 aromatic rings. The average molecular weight is 292 g/mol. The van der Waals surface area contributed by atoms with Crippen molar-refractivity contribution in [2.24, 2.45) is 5.41 Å². The predicted octanol–water partition coefficient (Wildman–Crippen LogP) is 1.77. The number of nitrogens with zero attached hydrogens (tertiary/aromatic N) is 4. The second-order valence-electron chi connectivity index (χ2n) is 5.27. The number of tetrazole rings is 1. The molecular weight excluding hydrogens is 276 g/mol. The van der Waals surface area contributed by atoms with E-state index in [4.69, 9.17) is 0 Å². The summed E-state index contributed by atoms with van der Waals surface area (Å²) in [6, 6.07) is 4.17. The molecule has 0 unspecified atom stereocenters. The Morgan fingerprint density at radius 2 is 2.30 bits per heavy atom. The van der Waals surface area contributed by atoms with Gasteiger partial charge >= 0.3 is 5.97 Å². The minimum absolute atomic E-state index is 0.393. The van der Waals surface area contributed by atoms with Crippen molar-refractivity contribution in [1.82, 2.24) is 20.2 Å². The summed E-state index contributed by atoms with van der Waals surface area (Å²) in [4.78, 5) is 12.6. The standard InChI is InChI=1S/C13H16N4O2S/c18-12(19)13(6-7-13)9-17-11(14-15-16-17)5-1-3-10-4-2-8-20-10/h2,4,8H,1,3,5-7,9H2,(H,18,19). The molecule has 6 nitrogen and oxygen atoms in total. The van der Waals surface area contributed by atoms with Gasteiger partial charge in [0.1, 0.15) is 0 Å². The third kappa shape index (κ3) is 2.72. The van der Waals surface area contributed by atoms with E-state index in [-0.39, 0.29) is 0 Å². The lowest BCUT2D eigenvalue weighted by Crippen LogP contribution is -2.23. The molecule has 0 aliphatic heterocycles. The monoisotopic (exact) mass is 292 g/mol. The average Bonchev–Trinajstić information content (AvgIpc) is 2.85. The van der Waals surface area contributed by atoms with Crippen molar-refractivity contribution >= 4 is 17.3 Å². The molecular formula is C13H16N4O2S. The molecule has 0 amide bonds. The van der Waals surface area contributed by atoms with E-state index in [1.807, 2.05) is 6.07 Å². The maximum Gasteiger partial charge on any atom is 0.311 e. The summed E-state index contributed by atoms with van der Waals surface area (Å²) >= 11 is 1.75. The summed E-state index contributed by atoms with van der Waals surface area (Å²) in [6.07, 6.45) is 4.20. The van der Waals surface area contributed by atoms with Crippen molar-refractivity contribution in [2.45, 2.75) is 38.6 Å². The van der Waals surface area contributed by atoms with Crippen LogP contribution in [0.1, 0.15) is 30.0 Å². The van der Waals surface area contributed by atoms with E-state index in [1.54, 1.807) is 16.0 Å². The van der Waals surface area contributed by atoms with Gasteiger partial charge in [-0.2, -0.15) is 0 Å². The van der Waals surface area contributed by atoms with Crippen LogP contribution in [0.25, 0.3) is 0 Å². The molecule has 7 heteroatoms. The summed E-state index contributed by atoms with van der Waals surface area (Å²) in [5, 5.41) is 22.9. The van der Waals surface area contributed by atoms with Crippen LogP contribution in [0.4, 0.5) is 0 Å². The second-order valence-corrected chi connectivity index (χ2v) is 6.30. The number of hydrogen-bond donors (Lipinski definition) is 1. The van der Waals surface area contributed by atoms with Gasteiger partial charge in [-0.3, -0.25) is 4.79 Å². The largest absolute Gasteiger partial charge is 0.481 e. The highest BCUT2D eigenvalue weighted by molar-refractivity contribution is 7.09. The van der Waals surface area contributed by atoms with Crippen molar-refractivity contribution in [2.75, 3.05) is 0 Å². The van der Waals surface area contributed by atoms with Crippen LogP contribution in [0.5, 0.6) is 0 Å². The fourth-order valence-corrected chi connectivity index (χ4v) is 3.03. The number of aryl methyl sites for hydroxylation is 2. The molecule has 2 heterocycles. The molecule has 1 fully saturated rings. The summed E-state index contributed by atoms with van der Waals surface area (Å²) in [7, 11) is 0. The SMILES string of the molecule is O=C(O)C1(Cn2nnnc2CCCc2cccs2)CC1. The van der Waals surface area contributed by atoms with Crippen LogP contribution >= 0.6 is 11.3 Å². The summed E-state index contributed by atoms with van der Waals surface area (Å²) < 4.78 is 1.66. The van der Waals surface area contributed by atoms with Gasteiger partial charge in [0.15, 0.2) is 5.82 Å². The van der Waals surface area contributed by atoms with Crippen LogP contribution in [0.3, 0.4) is 0 Å². The van der Waals surface area contributed by atoms with Gasteiger partial charge in [0.25, 0.3) is 0 Å². The topological polar surface area (TPSA) is 80.9 Å². The van der Waals surface area contributed by atoms with Gasteiger partial charge in [-0.1, -0.05) is 6.07 Å². The Hall–Kier alpha value is -1.76. The Labute approximate surface area is 120 Å². The van der Waals surface area contributed by atoms with E-state index in [0.29, 0.717) is 6.54 Å². The first kappa shape index (κ1) is 13.2. The molecule has 0 atom stereocenters. The normalized spacial score (nSPS) is 16.2. The number of thiophene rings is 1. The number of aliphatic carboxylic acids is 1. The molecule has 2 aromatic heterocycles. The van der Waals surface area contributed by atoms with Crippen LogP contribution in [0.15, 0.2) is 17.5 Å². The van der Waals surface area contributed by atoms with Gasteiger partial charge in [-0.25, -0.2) is 4.68 Å². The van der Waals surface area contributed by atoms with E-state index in [9.17, 15) is 9.90 Å². The van der Waals surface area contributed by atoms with Gasteiger partial charge in [0.2, 0.25) is 0 Å². The highest BCUT2D eigenvalue weighted by Crippen LogP contribution is 2.47. The molecule has 20 heavy (non-hydrogen) atoms. The summed E-state index contributed by atoms with van der Waals surface area (Å²) in [5.41, 5.74) is -0.627. The molecule has 1 aliphatic rings. The Bertz CT molecular complexity index is 589. The van der Waals surface area contributed by atoms with E-state index in [1.165, 1.54) is 4.88 Å². The van der Waals surface area contributed by atoms with Crippen LogP contribution < -0.4 is 0 Å². The molecule has 1 saturated carbocycles. The zero-order chi connectivity index (χ0) is 14.0. The minimum atomic E-state index is -0.738. The highest BCUT2D eigenvalue weighted by Gasteiger charge is 2.51.